The molecule has 0 bridgehead atoms. The van der Waals surface area contributed by atoms with E-state index in [9.17, 15) is 8.78 Å². The van der Waals surface area contributed by atoms with Crippen LogP contribution in [-0.4, -0.2) is 0 Å². The van der Waals surface area contributed by atoms with Crippen molar-refractivity contribution in [2.45, 2.75) is 52.4 Å². The number of benzene rings is 2. The van der Waals surface area contributed by atoms with Gasteiger partial charge in [0.05, 0.1) is 0 Å². The molecule has 0 aliphatic rings. The largest absolute Gasteiger partial charge is 0.209 e. The molecule has 0 heterocycles. The van der Waals surface area contributed by atoms with Crippen molar-refractivity contribution < 1.29 is 8.78 Å². The van der Waals surface area contributed by atoms with Crippen molar-refractivity contribution in [1.29, 1.82) is 0 Å². The Labute approximate surface area is 144 Å². The summed E-state index contributed by atoms with van der Waals surface area (Å²) < 4.78 is 28.0. The first-order valence-electron chi connectivity index (χ1n) is 8.89. The van der Waals surface area contributed by atoms with Gasteiger partial charge < -0.3 is 0 Å². The fraction of sp³-hybridized carbons (Fsp3) is 0.364. The van der Waals surface area contributed by atoms with Crippen molar-refractivity contribution in [3.8, 4) is 11.1 Å². The van der Waals surface area contributed by atoms with E-state index in [0.29, 0.717) is 12.0 Å². The molecule has 2 rings (SSSR count). The highest BCUT2D eigenvalue weighted by Gasteiger charge is 2.09. The maximum atomic E-state index is 14.1. The lowest BCUT2D eigenvalue weighted by Gasteiger charge is -2.06. The Morgan fingerprint density at radius 1 is 0.750 bits per heavy atom. The zero-order valence-electron chi connectivity index (χ0n) is 14.6. The summed E-state index contributed by atoms with van der Waals surface area (Å²) in [7, 11) is 0. The molecule has 0 aromatic heterocycles. The topological polar surface area (TPSA) is 0 Å². The van der Waals surface area contributed by atoms with Gasteiger partial charge in [0, 0.05) is 12.0 Å². The summed E-state index contributed by atoms with van der Waals surface area (Å²) in [5.74, 6) is -1.36. The fourth-order valence-electron chi connectivity index (χ4n) is 2.76. The maximum Gasteiger partial charge on any atom is 0.161 e. The number of hydrogen-bond donors (Lipinski definition) is 0. The van der Waals surface area contributed by atoms with Gasteiger partial charge >= 0.3 is 0 Å². The molecule has 0 radical (unpaired) electrons. The third-order valence-electron chi connectivity index (χ3n) is 4.20. The molecule has 2 aromatic rings. The van der Waals surface area contributed by atoms with Gasteiger partial charge in [-0.25, -0.2) is 8.78 Å². The van der Waals surface area contributed by atoms with Crippen LogP contribution in [0.2, 0.25) is 0 Å². The normalized spacial score (nSPS) is 12.2. The van der Waals surface area contributed by atoms with E-state index in [0.717, 1.165) is 36.8 Å². The summed E-state index contributed by atoms with van der Waals surface area (Å²) in [6.45, 7) is 4.21. The molecule has 24 heavy (non-hydrogen) atoms. The predicted molar refractivity (Wildman–Crippen MR) is 99.2 cm³/mol. The van der Waals surface area contributed by atoms with Crippen LogP contribution in [0.3, 0.4) is 0 Å². The molecule has 0 saturated carbocycles. The molecule has 0 nitrogen and oxygen atoms in total. The molecule has 0 aliphatic carbocycles. The van der Waals surface area contributed by atoms with Crippen LogP contribution in [0.5, 0.6) is 0 Å². The van der Waals surface area contributed by atoms with Crippen molar-refractivity contribution in [3.05, 3.63) is 65.5 Å². The zero-order chi connectivity index (χ0) is 17.4. The van der Waals surface area contributed by atoms with Crippen molar-refractivity contribution >= 4 is 5.83 Å². The number of aryl methyl sites for hydroxylation is 1. The van der Waals surface area contributed by atoms with Crippen LogP contribution in [-0.2, 0) is 6.42 Å². The van der Waals surface area contributed by atoms with Crippen LogP contribution in [0.1, 0.15) is 57.1 Å². The van der Waals surface area contributed by atoms with Gasteiger partial charge in [0.1, 0.15) is 5.83 Å². The molecule has 128 valence electrons. The van der Waals surface area contributed by atoms with Crippen molar-refractivity contribution in [2.75, 3.05) is 0 Å². The minimum absolute atomic E-state index is 0.181. The van der Waals surface area contributed by atoms with E-state index in [1.54, 1.807) is 12.1 Å². The van der Waals surface area contributed by atoms with Gasteiger partial charge in [-0.3, -0.25) is 0 Å². The summed E-state index contributed by atoms with van der Waals surface area (Å²) in [6.07, 6.45) is 5.00. The Kier molecular flexibility index (Phi) is 7.17. The fourth-order valence-corrected chi connectivity index (χ4v) is 2.76. The number of allylic oxidation sites excluding steroid dienone is 1. The molecule has 2 aromatic carbocycles. The van der Waals surface area contributed by atoms with E-state index in [1.807, 2.05) is 19.1 Å². The van der Waals surface area contributed by atoms with Crippen LogP contribution in [0.25, 0.3) is 17.0 Å². The van der Waals surface area contributed by atoms with E-state index in [4.69, 9.17) is 0 Å². The zero-order valence-corrected chi connectivity index (χ0v) is 14.6. The molecular weight excluding hydrogens is 302 g/mol. The molecule has 0 aliphatic heterocycles. The minimum atomic E-state index is -0.726. The Morgan fingerprint density at radius 3 is 1.88 bits per heavy atom. The lowest BCUT2D eigenvalue weighted by Crippen LogP contribution is -1.86. The highest BCUT2D eigenvalue weighted by molar-refractivity contribution is 5.68. The highest BCUT2D eigenvalue weighted by Crippen LogP contribution is 2.27. The molecule has 0 saturated heterocycles. The Morgan fingerprint density at radius 2 is 1.33 bits per heavy atom. The number of unbranched alkanes of at least 4 members (excludes halogenated alkanes) is 2. The second-order valence-electron chi connectivity index (χ2n) is 6.20. The SMILES string of the molecule is CCCCC/C(F)=C(\F)c1ccc(-c2ccc(CCC)cc2)cc1. The van der Waals surface area contributed by atoms with Gasteiger partial charge in [-0.1, -0.05) is 81.6 Å². The molecule has 2 heteroatoms. The van der Waals surface area contributed by atoms with E-state index < -0.39 is 11.7 Å². The van der Waals surface area contributed by atoms with Crippen LogP contribution in [0.15, 0.2) is 54.4 Å². The van der Waals surface area contributed by atoms with Gasteiger partial charge in [0.25, 0.3) is 0 Å². The lowest BCUT2D eigenvalue weighted by atomic mass is 10.0. The average Bonchev–Trinajstić information content (AvgIpc) is 2.62. The van der Waals surface area contributed by atoms with E-state index in [1.165, 1.54) is 5.56 Å². The minimum Gasteiger partial charge on any atom is -0.209 e. The van der Waals surface area contributed by atoms with E-state index in [2.05, 4.69) is 31.2 Å². The summed E-state index contributed by atoms with van der Waals surface area (Å²) >= 11 is 0. The molecule has 0 spiro atoms. The number of halogens is 2. The second-order valence-corrected chi connectivity index (χ2v) is 6.20. The van der Waals surface area contributed by atoms with Crippen LogP contribution < -0.4 is 0 Å². The quantitative estimate of drug-likeness (QED) is 0.440. The first kappa shape index (κ1) is 18.4. The summed E-state index contributed by atoms with van der Waals surface area (Å²) in [4.78, 5) is 0. The summed E-state index contributed by atoms with van der Waals surface area (Å²) in [5.41, 5.74) is 3.74. The predicted octanol–water partition coefficient (Wildman–Crippen LogP) is 7.49. The number of rotatable bonds is 8. The van der Waals surface area contributed by atoms with Gasteiger partial charge in [0.15, 0.2) is 5.83 Å². The van der Waals surface area contributed by atoms with Crippen LogP contribution in [0.4, 0.5) is 8.78 Å². The van der Waals surface area contributed by atoms with Crippen molar-refractivity contribution in [1.82, 2.24) is 0 Å². The number of hydrogen-bond acceptors (Lipinski definition) is 0. The highest BCUT2D eigenvalue weighted by atomic mass is 19.2. The van der Waals surface area contributed by atoms with Crippen LogP contribution >= 0.6 is 0 Å². The summed E-state index contributed by atoms with van der Waals surface area (Å²) in [6, 6.07) is 15.4. The smallest absolute Gasteiger partial charge is 0.161 e. The Hall–Kier alpha value is -1.96. The molecular formula is C22H26F2. The molecule has 0 fully saturated rings. The third kappa shape index (κ3) is 5.02. The average molecular weight is 328 g/mol. The molecule has 0 N–H and O–H groups in total. The van der Waals surface area contributed by atoms with Gasteiger partial charge in [0.2, 0.25) is 0 Å². The Balaban J connectivity index is 2.10. The molecule has 0 atom stereocenters. The lowest BCUT2D eigenvalue weighted by molar-refractivity contribution is 0.541. The van der Waals surface area contributed by atoms with E-state index >= 15 is 0 Å². The second kappa shape index (κ2) is 9.36. The van der Waals surface area contributed by atoms with Crippen molar-refractivity contribution in [2.24, 2.45) is 0 Å². The monoisotopic (exact) mass is 328 g/mol. The molecule has 0 unspecified atom stereocenters. The first-order valence-corrected chi connectivity index (χ1v) is 8.89. The van der Waals surface area contributed by atoms with Crippen LogP contribution in [0, 0.1) is 0 Å². The first-order chi connectivity index (χ1) is 11.7. The molecule has 0 amide bonds. The standard InChI is InChI=1S/C22H26F2/c1-3-5-6-8-21(23)22(24)20-15-13-19(14-16-20)18-11-9-17(7-4-2)10-12-18/h9-16H,3-8H2,1-2H3/b22-21+. The van der Waals surface area contributed by atoms with Gasteiger partial charge in [-0.15, -0.1) is 0 Å². The van der Waals surface area contributed by atoms with Gasteiger partial charge in [-0.05, 0) is 29.5 Å². The maximum absolute atomic E-state index is 14.1. The Bertz CT molecular complexity index is 651. The third-order valence-corrected chi connectivity index (χ3v) is 4.20. The van der Waals surface area contributed by atoms with Gasteiger partial charge in [-0.2, -0.15) is 0 Å². The van der Waals surface area contributed by atoms with E-state index in [-0.39, 0.29) is 6.42 Å². The van der Waals surface area contributed by atoms with Crippen molar-refractivity contribution in [3.63, 3.8) is 0 Å². The summed E-state index contributed by atoms with van der Waals surface area (Å²) in [5, 5.41) is 0.